The molecule has 1 unspecified atom stereocenters. The van der Waals surface area contributed by atoms with Gasteiger partial charge in [-0.25, -0.2) is 0 Å². The normalized spacial score (nSPS) is 21.1. The van der Waals surface area contributed by atoms with Crippen LogP contribution in [0.1, 0.15) is 55.8 Å². The molecular weight excluding hydrogens is 400 g/mol. The molecule has 2 amide bonds. The Morgan fingerprint density at radius 1 is 1.00 bits per heavy atom. The van der Waals surface area contributed by atoms with Gasteiger partial charge in [-0.1, -0.05) is 0 Å². The molecule has 0 saturated carbocycles. The molecule has 0 radical (unpaired) electrons. The van der Waals surface area contributed by atoms with Crippen LogP contribution in [0.2, 0.25) is 0 Å². The van der Waals surface area contributed by atoms with Crippen LogP contribution in [0.4, 0.5) is 5.69 Å². The number of nitrogens with one attached hydrogen (secondary N) is 1. The number of fused-ring (bicyclic) bond motifs is 1. The zero-order valence-corrected chi connectivity index (χ0v) is 18.0. The summed E-state index contributed by atoms with van der Waals surface area (Å²) in [5, 5.41) is 2.88. The van der Waals surface area contributed by atoms with Gasteiger partial charge in [-0.15, -0.1) is 0 Å². The summed E-state index contributed by atoms with van der Waals surface area (Å²) in [5.74, 6) is 1.13. The highest BCUT2D eigenvalue weighted by atomic mass is 16.6. The molecule has 0 bridgehead atoms. The third-order valence-corrected chi connectivity index (χ3v) is 6.20. The molecule has 1 aromatic carbocycles. The molecule has 168 valence electrons. The minimum Gasteiger partial charge on any atom is -0.486 e. The van der Waals surface area contributed by atoms with Crippen LogP contribution in [-0.4, -0.2) is 61.5 Å². The molecule has 2 fully saturated rings. The van der Waals surface area contributed by atoms with Crippen molar-refractivity contribution in [2.75, 3.05) is 38.2 Å². The highest BCUT2D eigenvalue weighted by Crippen LogP contribution is 2.36. The second kappa shape index (κ2) is 9.68. The molecule has 8 nitrogen and oxygen atoms in total. The van der Waals surface area contributed by atoms with E-state index in [9.17, 15) is 14.4 Å². The Morgan fingerprint density at radius 3 is 2.35 bits per heavy atom. The van der Waals surface area contributed by atoms with E-state index in [1.165, 1.54) is 6.92 Å². The Labute approximate surface area is 182 Å². The predicted molar refractivity (Wildman–Crippen MR) is 114 cm³/mol. The molecule has 0 spiro atoms. The van der Waals surface area contributed by atoms with Gasteiger partial charge in [0, 0.05) is 37.7 Å². The van der Waals surface area contributed by atoms with E-state index in [-0.39, 0.29) is 29.6 Å². The monoisotopic (exact) mass is 430 g/mol. The first-order valence-electron chi connectivity index (χ1n) is 11.1. The first kappa shape index (κ1) is 21.6. The fourth-order valence-corrected chi connectivity index (χ4v) is 4.46. The second-order valence-corrected chi connectivity index (χ2v) is 8.51. The van der Waals surface area contributed by atoms with Crippen molar-refractivity contribution < 1.29 is 28.6 Å². The number of rotatable bonds is 6. The lowest BCUT2D eigenvalue weighted by atomic mass is 9.92. The lowest BCUT2D eigenvalue weighted by Gasteiger charge is -2.32. The summed E-state index contributed by atoms with van der Waals surface area (Å²) in [6, 6.07) is 3.29. The Bertz CT molecular complexity index is 841. The lowest BCUT2D eigenvalue weighted by Crippen LogP contribution is -2.40. The topological polar surface area (TPSA) is 94.2 Å². The molecule has 3 aliphatic heterocycles. The van der Waals surface area contributed by atoms with E-state index in [0.29, 0.717) is 61.9 Å². The van der Waals surface area contributed by atoms with Gasteiger partial charge in [-0.2, -0.15) is 0 Å². The number of piperidine rings is 1. The number of Topliss-reactive ketones (excluding diaryl/α,β-unsaturated/α-hetero) is 1. The maximum atomic E-state index is 12.7. The summed E-state index contributed by atoms with van der Waals surface area (Å²) in [6.45, 7) is 4.43. The number of hydrogen-bond donors (Lipinski definition) is 1. The van der Waals surface area contributed by atoms with Crippen molar-refractivity contribution in [3.63, 3.8) is 0 Å². The Morgan fingerprint density at radius 2 is 1.71 bits per heavy atom. The van der Waals surface area contributed by atoms with Gasteiger partial charge in [-0.3, -0.25) is 14.4 Å². The minimum absolute atomic E-state index is 0.0671. The van der Waals surface area contributed by atoms with Crippen LogP contribution in [0.3, 0.4) is 0 Å². The molecule has 31 heavy (non-hydrogen) atoms. The maximum absolute atomic E-state index is 12.7. The average molecular weight is 431 g/mol. The molecule has 3 aliphatic rings. The molecule has 8 heteroatoms. The summed E-state index contributed by atoms with van der Waals surface area (Å²) in [6.07, 6.45) is 4.48. The van der Waals surface area contributed by atoms with Crippen molar-refractivity contribution in [3.8, 4) is 11.5 Å². The molecule has 2 saturated heterocycles. The molecule has 1 aromatic rings. The number of nitrogens with zero attached hydrogens (tertiary/aromatic N) is 1. The van der Waals surface area contributed by atoms with Gasteiger partial charge in [0.1, 0.15) is 13.2 Å². The van der Waals surface area contributed by atoms with E-state index < -0.39 is 0 Å². The number of hydrogen-bond acceptors (Lipinski definition) is 6. The number of likely N-dealkylation sites (tertiary alicyclic amines) is 1. The van der Waals surface area contributed by atoms with Crippen LogP contribution in [0, 0.1) is 5.92 Å². The van der Waals surface area contributed by atoms with Crippen molar-refractivity contribution in [1.82, 2.24) is 4.90 Å². The van der Waals surface area contributed by atoms with E-state index in [1.54, 1.807) is 12.1 Å². The quantitative estimate of drug-likeness (QED) is 0.698. The molecule has 4 rings (SSSR count). The minimum atomic E-state index is -0.148. The molecule has 0 aromatic heterocycles. The number of benzene rings is 1. The SMILES string of the molecule is CC(=O)c1cc2c(cc1NC(=O)CC1CCN(C(=O)CC3CCCO3)CC1)OCCO2. The lowest BCUT2D eigenvalue weighted by molar-refractivity contribution is -0.134. The van der Waals surface area contributed by atoms with Gasteiger partial charge < -0.3 is 24.4 Å². The molecule has 1 N–H and O–H groups in total. The average Bonchev–Trinajstić information content (AvgIpc) is 3.26. The number of anilines is 1. The fraction of sp³-hybridized carbons (Fsp3) is 0.609. The smallest absolute Gasteiger partial charge is 0.225 e. The number of carbonyl (C=O) groups excluding carboxylic acids is 3. The first-order chi connectivity index (χ1) is 15.0. The third kappa shape index (κ3) is 5.36. The van der Waals surface area contributed by atoms with E-state index >= 15 is 0 Å². The first-order valence-corrected chi connectivity index (χ1v) is 11.1. The van der Waals surface area contributed by atoms with Crippen LogP contribution in [-0.2, 0) is 14.3 Å². The van der Waals surface area contributed by atoms with Gasteiger partial charge in [0.2, 0.25) is 11.8 Å². The van der Waals surface area contributed by atoms with E-state index in [0.717, 1.165) is 32.3 Å². The summed E-state index contributed by atoms with van der Waals surface area (Å²) in [5.41, 5.74) is 0.859. The van der Waals surface area contributed by atoms with Crippen molar-refractivity contribution >= 4 is 23.3 Å². The highest BCUT2D eigenvalue weighted by Gasteiger charge is 2.28. The fourth-order valence-electron chi connectivity index (χ4n) is 4.46. The number of ether oxygens (including phenoxy) is 3. The van der Waals surface area contributed by atoms with E-state index in [4.69, 9.17) is 14.2 Å². The maximum Gasteiger partial charge on any atom is 0.225 e. The largest absolute Gasteiger partial charge is 0.486 e. The second-order valence-electron chi connectivity index (χ2n) is 8.51. The molecule has 0 aliphatic carbocycles. The Hall–Kier alpha value is -2.61. The summed E-state index contributed by atoms with van der Waals surface area (Å²) < 4.78 is 16.7. The zero-order valence-electron chi connectivity index (χ0n) is 18.0. The van der Waals surface area contributed by atoms with Crippen molar-refractivity contribution in [1.29, 1.82) is 0 Å². The van der Waals surface area contributed by atoms with Crippen LogP contribution < -0.4 is 14.8 Å². The molecule has 3 heterocycles. The highest BCUT2D eigenvalue weighted by molar-refractivity contribution is 6.04. The van der Waals surface area contributed by atoms with Crippen LogP contribution in [0.15, 0.2) is 12.1 Å². The van der Waals surface area contributed by atoms with Crippen molar-refractivity contribution in [2.45, 2.75) is 51.6 Å². The van der Waals surface area contributed by atoms with Crippen molar-refractivity contribution in [3.05, 3.63) is 17.7 Å². The number of carbonyl (C=O) groups is 3. The number of amides is 2. The zero-order chi connectivity index (χ0) is 21.8. The van der Waals surface area contributed by atoms with Gasteiger partial charge >= 0.3 is 0 Å². The summed E-state index contributed by atoms with van der Waals surface area (Å²) in [4.78, 5) is 39.1. The summed E-state index contributed by atoms with van der Waals surface area (Å²) in [7, 11) is 0. The van der Waals surface area contributed by atoms with Crippen LogP contribution in [0.5, 0.6) is 11.5 Å². The summed E-state index contributed by atoms with van der Waals surface area (Å²) >= 11 is 0. The third-order valence-electron chi connectivity index (χ3n) is 6.20. The Balaban J connectivity index is 1.29. The Kier molecular flexibility index (Phi) is 6.75. The number of ketones is 1. The van der Waals surface area contributed by atoms with Gasteiger partial charge in [0.25, 0.3) is 0 Å². The van der Waals surface area contributed by atoms with Gasteiger partial charge in [-0.05, 0) is 44.6 Å². The van der Waals surface area contributed by atoms with E-state index in [1.807, 2.05) is 4.90 Å². The van der Waals surface area contributed by atoms with E-state index in [2.05, 4.69) is 5.32 Å². The van der Waals surface area contributed by atoms with Crippen LogP contribution >= 0.6 is 0 Å². The van der Waals surface area contributed by atoms with Crippen molar-refractivity contribution in [2.24, 2.45) is 5.92 Å². The molecule has 1 atom stereocenters. The standard InChI is InChI=1S/C23H30N2O6/c1-15(26)18-13-20-21(31-10-9-30-20)14-19(18)24-22(27)11-16-4-6-25(7-5-16)23(28)12-17-3-2-8-29-17/h13-14,16-17H,2-12H2,1H3,(H,24,27). The van der Waals surface area contributed by atoms with Crippen LogP contribution in [0.25, 0.3) is 0 Å². The molecular formula is C23H30N2O6. The van der Waals surface area contributed by atoms with Gasteiger partial charge in [0.05, 0.1) is 18.2 Å². The predicted octanol–water partition coefficient (Wildman–Crippen LogP) is 2.80. The van der Waals surface area contributed by atoms with Gasteiger partial charge in [0.15, 0.2) is 17.3 Å².